The van der Waals surface area contributed by atoms with Gasteiger partial charge in [-0.15, -0.1) is 12.4 Å². The highest BCUT2D eigenvalue weighted by molar-refractivity contribution is 14.1. The smallest absolute Gasteiger partial charge is 0.416 e. The van der Waals surface area contributed by atoms with Crippen molar-refractivity contribution in [1.29, 1.82) is 0 Å². The zero-order chi connectivity index (χ0) is 13.2. The van der Waals surface area contributed by atoms with Crippen LogP contribution in [0.1, 0.15) is 11.1 Å². The van der Waals surface area contributed by atoms with Crippen LogP contribution < -0.4 is 5.73 Å². The van der Waals surface area contributed by atoms with E-state index in [1.807, 2.05) is 0 Å². The van der Waals surface area contributed by atoms with Crippen molar-refractivity contribution in [1.82, 2.24) is 0 Å². The van der Waals surface area contributed by atoms with Crippen LogP contribution in [0.25, 0.3) is 0 Å². The van der Waals surface area contributed by atoms with Crippen molar-refractivity contribution in [3.8, 4) is 0 Å². The van der Waals surface area contributed by atoms with E-state index >= 15 is 0 Å². The monoisotopic (exact) mass is 395 g/mol. The third-order valence-corrected chi connectivity index (χ3v) is 2.68. The van der Waals surface area contributed by atoms with Crippen LogP contribution in [0.3, 0.4) is 0 Å². The number of hydrogen-bond acceptors (Lipinski definition) is 2. The number of nitrogens with two attached hydrogens (primary N) is 1. The Bertz CT molecular complexity index is 440. The molecule has 8 heteroatoms. The maximum atomic E-state index is 12.5. The Morgan fingerprint density at radius 2 is 1.94 bits per heavy atom. The summed E-state index contributed by atoms with van der Waals surface area (Å²) in [5.41, 5.74) is 4.74. The standard InChI is InChI=1S/C10H9F3INO2.ClH/c11-10(12,13)6-1-5(2-7(14)4-6)3-8(15)9(16)17;/h1-2,4,8H,3,15H2,(H,16,17);1H/t8-;/m0./s1. The Balaban J connectivity index is 0.00000289. The minimum Gasteiger partial charge on any atom is -0.480 e. The van der Waals surface area contributed by atoms with E-state index in [-0.39, 0.29) is 24.4 Å². The highest BCUT2D eigenvalue weighted by Crippen LogP contribution is 2.31. The molecule has 0 saturated carbocycles. The van der Waals surface area contributed by atoms with E-state index in [0.717, 1.165) is 12.1 Å². The molecule has 0 fully saturated rings. The lowest BCUT2D eigenvalue weighted by Crippen LogP contribution is -2.32. The summed E-state index contributed by atoms with van der Waals surface area (Å²) < 4.78 is 37.9. The van der Waals surface area contributed by atoms with E-state index in [2.05, 4.69) is 0 Å². The summed E-state index contributed by atoms with van der Waals surface area (Å²) in [6.07, 6.45) is -4.57. The molecule has 3 N–H and O–H groups in total. The zero-order valence-electron chi connectivity index (χ0n) is 8.87. The Labute approximate surface area is 121 Å². The molecule has 0 aliphatic heterocycles. The molecule has 0 aliphatic rings. The average Bonchev–Trinajstić information content (AvgIpc) is 2.15. The van der Waals surface area contributed by atoms with Gasteiger partial charge in [0.2, 0.25) is 0 Å². The van der Waals surface area contributed by atoms with E-state index in [9.17, 15) is 18.0 Å². The lowest BCUT2D eigenvalue weighted by molar-refractivity contribution is -0.138. The van der Waals surface area contributed by atoms with Crippen molar-refractivity contribution < 1.29 is 23.1 Å². The molecular formula is C10H10ClF3INO2. The van der Waals surface area contributed by atoms with Crippen LogP contribution in [0.15, 0.2) is 18.2 Å². The predicted octanol–water partition coefficient (Wildman–Crippen LogP) is 2.69. The molecule has 0 heterocycles. The lowest BCUT2D eigenvalue weighted by Gasteiger charge is -2.11. The molecule has 0 unspecified atom stereocenters. The van der Waals surface area contributed by atoms with Crippen molar-refractivity contribution in [3.05, 3.63) is 32.9 Å². The van der Waals surface area contributed by atoms with Gasteiger partial charge in [-0.2, -0.15) is 13.2 Å². The lowest BCUT2D eigenvalue weighted by atomic mass is 10.0. The fraction of sp³-hybridized carbons (Fsp3) is 0.300. The molecule has 0 saturated heterocycles. The van der Waals surface area contributed by atoms with Crippen LogP contribution in [0.2, 0.25) is 0 Å². The molecule has 0 aliphatic carbocycles. The molecule has 0 aromatic heterocycles. The third-order valence-electron chi connectivity index (χ3n) is 2.06. The maximum absolute atomic E-state index is 12.5. The van der Waals surface area contributed by atoms with Gasteiger partial charge < -0.3 is 10.8 Å². The third kappa shape index (κ3) is 4.99. The largest absolute Gasteiger partial charge is 0.480 e. The number of hydrogen-bond donors (Lipinski definition) is 2. The van der Waals surface area contributed by atoms with Gasteiger partial charge in [-0.25, -0.2) is 0 Å². The normalized spacial score (nSPS) is 12.7. The first-order chi connectivity index (χ1) is 7.70. The van der Waals surface area contributed by atoms with E-state index < -0.39 is 23.8 Å². The van der Waals surface area contributed by atoms with E-state index in [1.165, 1.54) is 6.07 Å². The second kappa shape index (κ2) is 6.58. The minimum atomic E-state index is -4.44. The van der Waals surface area contributed by atoms with Crippen LogP contribution in [0, 0.1) is 3.57 Å². The number of carbonyl (C=O) groups is 1. The summed E-state index contributed by atoms with van der Waals surface area (Å²) in [7, 11) is 0. The van der Waals surface area contributed by atoms with Gasteiger partial charge in [-0.3, -0.25) is 4.79 Å². The van der Waals surface area contributed by atoms with Gasteiger partial charge in [0.25, 0.3) is 0 Å². The van der Waals surface area contributed by atoms with Crippen LogP contribution in [0.4, 0.5) is 13.2 Å². The number of rotatable bonds is 3. The summed E-state index contributed by atoms with van der Waals surface area (Å²) in [6, 6.07) is 2.20. The molecule has 1 atom stereocenters. The Morgan fingerprint density at radius 1 is 1.39 bits per heavy atom. The van der Waals surface area contributed by atoms with Gasteiger partial charge >= 0.3 is 12.1 Å². The van der Waals surface area contributed by atoms with Crippen LogP contribution in [-0.4, -0.2) is 17.1 Å². The summed E-state index contributed by atoms with van der Waals surface area (Å²) in [4.78, 5) is 10.5. The zero-order valence-corrected chi connectivity index (χ0v) is 11.8. The van der Waals surface area contributed by atoms with Crippen LogP contribution in [-0.2, 0) is 17.4 Å². The Morgan fingerprint density at radius 3 is 2.39 bits per heavy atom. The first kappa shape index (κ1) is 17.5. The van der Waals surface area contributed by atoms with Crippen molar-refractivity contribution in [2.75, 3.05) is 0 Å². The molecule has 0 amide bonds. The van der Waals surface area contributed by atoms with Crippen LogP contribution in [0.5, 0.6) is 0 Å². The van der Waals surface area contributed by atoms with Crippen molar-refractivity contribution >= 4 is 41.0 Å². The number of halogens is 5. The quantitative estimate of drug-likeness (QED) is 0.774. The highest BCUT2D eigenvalue weighted by atomic mass is 127. The predicted molar refractivity (Wildman–Crippen MR) is 70.7 cm³/mol. The number of carboxylic acids is 1. The molecular weight excluding hydrogens is 385 g/mol. The fourth-order valence-corrected chi connectivity index (χ4v) is 2.01. The van der Waals surface area contributed by atoms with Gasteiger partial charge in [0, 0.05) is 3.57 Å². The Kier molecular flexibility index (Phi) is 6.38. The van der Waals surface area contributed by atoms with Crippen molar-refractivity contribution in [2.24, 2.45) is 5.73 Å². The number of aliphatic carboxylic acids is 1. The number of carboxylic acid groups (broad SMARTS) is 1. The van der Waals surface area contributed by atoms with E-state index in [1.54, 1.807) is 22.6 Å². The molecule has 0 radical (unpaired) electrons. The molecule has 1 aromatic carbocycles. The van der Waals surface area contributed by atoms with E-state index in [4.69, 9.17) is 10.8 Å². The first-order valence-corrected chi connectivity index (χ1v) is 5.63. The summed E-state index contributed by atoms with van der Waals surface area (Å²) >= 11 is 1.75. The molecule has 3 nitrogen and oxygen atoms in total. The molecule has 0 spiro atoms. The number of benzene rings is 1. The highest BCUT2D eigenvalue weighted by Gasteiger charge is 2.31. The summed E-state index contributed by atoms with van der Waals surface area (Å²) in [5, 5.41) is 8.59. The molecule has 1 aromatic rings. The van der Waals surface area contributed by atoms with Gasteiger partial charge in [0.05, 0.1) is 5.56 Å². The minimum absolute atomic E-state index is 0. The van der Waals surface area contributed by atoms with E-state index in [0.29, 0.717) is 3.57 Å². The topological polar surface area (TPSA) is 63.3 Å². The maximum Gasteiger partial charge on any atom is 0.416 e. The van der Waals surface area contributed by atoms with Crippen molar-refractivity contribution in [3.63, 3.8) is 0 Å². The molecule has 0 bridgehead atoms. The number of alkyl halides is 3. The average molecular weight is 396 g/mol. The van der Waals surface area contributed by atoms with Gasteiger partial charge in [-0.1, -0.05) is 0 Å². The molecule has 1 rings (SSSR count). The fourth-order valence-electron chi connectivity index (χ4n) is 1.27. The Hall–Kier alpha value is -0.540. The summed E-state index contributed by atoms with van der Waals surface area (Å²) in [5.74, 6) is -1.24. The van der Waals surface area contributed by atoms with Crippen molar-refractivity contribution in [2.45, 2.75) is 18.6 Å². The molecule has 102 valence electrons. The first-order valence-electron chi connectivity index (χ1n) is 4.55. The molecule has 18 heavy (non-hydrogen) atoms. The van der Waals surface area contributed by atoms with Crippen LogP contribution >= 0.6 is 35.0 Å². The SMILES string of the molecule is Cl.N[C@@H](Cc1cc(I)cc(C(F)(F)F)c1)C(=O)O. The van der Waals surface area contributed by atoms with Gasteiger partial charge in [0.1, 0.15) is 6.04 Å². The second-order valence-corrected chi connectivity index (χ2v) is 4.74. The van der Waals surface area contributed by atoms with Gasteiger partial charge in [0.15, 0.2) is 0 Å². The summed E-state index contributed by atoms with van der Waals surface area (Å²) in [6.45, 7) is 0. The second-order valence-electron chi connectivity index (χ2n) is 3.49. The van der Waals surface area contributed by atoms with Gasteiger partial charge in [-0.05, 0) is 52.8 Å².